The highest BCUT2D eigenvalue weighted by Gasteiger charge is 2.21. The largest absolute Gasteiger partial charge is 0.497 e. The van der Waals surface area contributed by atoms with Crippen LogP contribution < -0.4 is 15.0 Å². The van der Waals surface area contributed by atoms with Crippen molar-refractivity contribution in [2.75, 3.05) is 51.3 Å². The van der Waals surface area contributed by atoms with Gasteiger partial charge in [-0.25, -0.2) is 4.98 Å². The molecule has 34 heavy (non-hydrogen) atoms. The standard InChI is InChI=1S/C26H33N5O2S/c1-3-23(21-9-5-4-6-10-21)25(32)27-12-13-30-14-16-31(17-15-30)26-28-24(29-34-26)19-20-8-7-11-22(18-20)33-2/h4-11,18,23H,3,12-17,19H2,1-2H3,(H,27,32). The molecule has 0 radical (unpaired) electrons. The van der Waals surface area contributed by atoms with E-state index < -0.39 is 0 Å². The van der Waals surface area contributed by atoms with E-state index in [0.717, 1.165) is 67.0 Å². The first-order valence-electron chi connectivity index (χ1n) is 11.9. The molecule has 1 amide bonds. The van der Waals surface area contributed by atoms with Crippen LogP contribution in [0.3, 0.4) is 0 Å². The molecule has 3 aromatic rings. The molecule has 0 aliphatic carbocycles. The van der Waals surface area contributed by atoms with Crippen LogP contribution in [0.5, 0.6) is 5.75 Å². The number of methoxy groups -OCH3 is 1. The quantitative estimate of drug-likeness (QED) is 0.479. The van der Waals surface area contributed by atoms with Gasteiger partial charge in [0.2, 0.25) is 11.0 Å². The normalized spacial score (nSPS) is 15.2. The number of amides is 1. The van der Waals surface area contributed by atoms with Crippen molar-refractivity contribution in [3.63, 3.8) is 0 Å². The highest BCUT2D eigenvalue weighted by molar-refractivity contribution is 7.09. The summed E-state index contributed by atoms with van der Waals surface area (Å²) in [7, 11) is 1.68. The highest BCUT2D eigenvalue weighted by Crippen LogP contribution is 2.22. The van der Waals surface area contributed by atoms with Crippen LogP contribution in [0.25, 0.3) is 0 Å². The Labute approximate surface area is 205 Å². The Kier molecular flexibility index (Phi) is 8.49. The van der Waals surface area contributed by atoms with Gasteiger partial charge in [-0.05, 0) is 29.7 Å². The number of aromatic nitrogens is 2. The predicted octanol–water partition coefficient (Wildman–Crippen LogP) is 3.57. The molecule has 1 aliphatic rings. The van der Waals surface area contributed by atoms with Gasteiger partial charge in [0.25, 0.3) is 0 Å². The van der Waals surface area contributed by atoms with Gasteiger partial charge < -0.3 is 15.0 Å². The first-order chi connectivity index (χ1) is 16.7. The lowest BCUT2D eigenvalue weighted by atomic mass is 9.96. The maximum Gasteiger partial charge on any atom is 0.227 e. The van der Waals surface area contributed by atoms with E-state index in [1.807, 2.05) is 48.5 Å². The minimum absolute atomic E-state index is 0.0818. The predicted molar refractivity (Wildman–Crippen MR) is 137 cm³/mol. The number of carbonyl (C=O) groups excluding carboxylic acids is 1. The zero-order valence-corrected chi connectivity index (χ0v) is 20.8. The van der Waals surface area contributed by atoms with Gasteiger partial charge in [0, 0.05) is 57.2 Å². The van der Waals surface area contributed by atoms with E-state index in [4.69, 9.17) is 9.72 Å². The number of ether oxygens (including phenoxy) is 1. The summed E-state index contributed by atoms with van der Waals surface area (Å²) in [6, 6.07) is 18.1. The van der Waals surface area contributed by atoms with E-state index in [1.54, 1.807) is 7.11 Å². The second kappa shape index (κ2) is 11.9. The smallest absolute Gasteiger partial charge is 0.227 e. The zero-order chi connectivity index (χ0) is 23.8. The van der Waals surface area contributed by atoms with Gasteiger partial charge in [-0.15, -0.1) is 0 Å². The molecular formula is C26H33N5O2S. The molecule has 1 N–H and O–H groups in total. The molecule has 0 spiro atoms. The third-order valence-electron chi connectivity index (χ3n) is 6.25. The van der Waals surface area contributed by atoms with Crippen molar-refractivity contribution in [1.29, 1.82) is 0 Å². The fourth-order valence-electron chi connectivity index (χ4n) is 4.29. The average Bonchev–Trinajstić information content (AvgIpc) is 3.34. The van der Waals surface area contributed by atoms with Gasteiger partial charge in [-0.1, -0.05) is 49.4 Å². The Morgan fingerprint density at radius 1 is 1.12 bits per heavy atom. The number of rotatable bonds is 10. The molecule has 2 aromatic carbocycles. The molecule has 1 atom stereocenters. The molecule has 180 valence electrons. The van der Waals surface area contributed by atoms with Crippen LogP contribution in [0.15, 0.2) is 54.6 Å². The highest BCUT2D eigenvalue weighted by atomic mass is 32.1. The molecule has 0 saturated carbocycles. The van der Waals surface area contributed by atoms with E-state index >= 15 is 0 Å². The van der Waals surface area contributed by atoms with Crippen LogP contribution in [-0.2, 0) is 11.2 Å². The van der Waals surface area contributed by atoms with Crippen LogP contribution in [0, 0.1) is 0 Å². The minimum Gasteiger partial charge on any atom is -0.497 e. The zero-order valence-electron chi connectivity index (χ0n) is 19.9. The fourth-order valence-corrected chi connectivity index (χ4v) is 5.03. The summed E-state index contributed by atoms with van der Waals surface area (Å²) in [5, 5.41) is 4.12. The van der Waals surface area contributed by atoms with Crippen molar-refractivity contribution in [3.8, 4) is 5.75 Å². The Balaban J connectivity index is 1.20. The van der Waals surface area contributed by atoms with Gasteiger partial charge in [0.1, 0.15) is 11.6 Å². The van der Waals surface area contributed by atoms with Gasteiger partial charge in [-0.3, -0.25) is 9.69 Å². The number of piperazine rings is 1. The first kappa shape index (κ1) is 24.2. The Morgan fingerprint density at radius 3 is 2.65 bits per heavy atom. The molecule has 1 aromatic heterocycles. The summed E-state index contributed by atoms with van der Waals surface area (Å²) in [4.78, 5) is 22.1. The minimum atomic E-state index is -0.0818. The molecule has 0 bridgehead atoms. The molecule has 7 nitrogen and oxygen atoms in total. The summed E-state index contributed by atoms with van der Waals surface area (Å²) in [6.07, 6.45) is 1.51. The lowest BCUT2D eigenvalue weighted by molar-refractivity contribution is -0.122. The summed E-state index contributed by atoms with van der Waals surface area (Å²) < 4.78 is 9.87. The molecule has 1 fully saturated rings. The number of carbonyl (C=O) groups is 1. The number of hydrogen-bond donors (Lipinski definition) is 1. The SMILES string of the molecule is CCC(C(=O)NCCN1CCN(c2nc(Cc3cccc(OC)c3)ns2)CC1)c1ccccc1. The van der Waals surface area contributed by atoms with E-state index in [0.29, 0.717) is 13.0 Å². The average molecular weight is 480 g/mol. The maximum atomic E-state index is 12.7. The first-order valence-corrected chi connectivity index (χ1v) is 12.7. The van der Waals surface area contributed by atoms with E-state index in [-0.39, 0.29) is 11.8 Å². The third kappa shape index (κ3) is 6.33. The second-order valence-corrected chi connectivity index (χ2v) is 9.24. The monoisotopic (exact) mass is 479 g/mol. The van der Waals surface area contributed by atoms with Crippen molar-refractivity contribution in [2.24, 2.45) is 0 Å². The van der Waals surface area contributed by atoms with Crippen LogP contribution in [0.1, 0.15) is 36.2 Å². The second-order valence-electron chi connectivity index (χ2n) is 8.51. The maximum absolute atomic E-state index is 12.7. The lowest BCUT2D eigenvalue weighted by Crippen LogP contribution is -2.48. The molecule has 1 saturated heterocycles. The topological polar surface area (TPSA) is 70.6 Å². The van der Waals surface area contributed by atoms with E-state index in [9.17, 15) is 4.79 Å². The molecular weight excluding hydrogens is 446 g/mol. The number of anilines is 1. The molecule has 4 rings (SSSR count). The van der Waals surface area contributed by atoms with Crippen LogP contribution in [-0.4, -0.2) is 66.5 Å². The van der Waals surface area contributed by atoms with Gasteiger partial charge in [0.05, 0.1) is 13.0 Å². The van der Waals surface area contributed by atoms with Crippen molar-refractivity contribution in [1.82, 2.24) is 19.6 Å². The Hall–Kier alpha value is -2.97. The molecule has 1 unspecified atom stereocenters. The lowest BCUT2D eigenvalue weighted by Gasteiger charge is -2.34. The summed E-state index contributed by atoms with van der Waals surface area (Å²) >= 11 is 1.47. The van der Waals surface area contributed by atoms with Crippen molar-refractivity contribution in [3.05, 3.63) is 71.5 Å². The number of nitrogens with one attached hydrogen (secondary N) is 1. The molecule has 1 aliphatic heterocycles. The summed E-state index contributed by atoms with van der Waals surface area (Å²) in [5.41, 5.74) is 2.23. The van der Waals surface area contributed by atoms with Crippen LogP contribution in [0.4, 0.5) is 5.13 Å². The Bertz CT molecular complexity index is 1050. The van der Waals surface area contributed by atoms with Crippen LogP contribution >= 0.6 is 11.5 Å². The van der Waals surface area contributed by atoms with Gasteiger partial charge >= 0.3 is 0 Å². The molecule has 8 heteroatoms. The van der Waals surface area contributed by atoms with Crippen molar-refractivity contribution >= 4 is 22.6 Å². The number of benzene rings is 2. The fraction of sp³-hybridized carbons (Fsp3) is 0.423. The van der Waals surface area contributed by atoms with Gasteiger partial charge in [-0.2, -0.15) is 4.37 Å². The number of hydrogen-bond acceptors (Lipinski definition) is 7. The molecule has 2 heterocycles. The summed E-state index contributed by atoms with van der Waals surface area (Å²) in [6.45, 7) is 7.35. The van der Waals surface area contributed by atoms with Crippen molar-refractivity contribution in [2.45, 2.75) is 25.7 Å². The van der Waals surface area contributed by atoms with Crippen molar-refractivity contribution < 1.29 is 9.53 Å². The third-order valence-corrected chi connectivity index (χ3v) is 7.07. The Morgan fingerprint density at radius 2 is 1.91 bits per heavy atom. The summed E-state index contributed by atoms with van der Waals surface area (Å²) in [5.74, 6) is 1.74. The van der Waals surface area contributed by atoms with E-state index in [2.05, 4.69) is 32.5 Å². The van der Waals surface area contributed by atoms with Gasteiger partial charge in [0.15, 0.2) is 0 Å². The van der Waals surface area contributed by atoms with Crippen LogP contribution in [0.2, 0.25) is 0 Å². The van der Waals surface area contributed by atoms with E-state index in [1.165, 1.54) is 11.5 Å². The number of nitrogens with zero attached hydrogens (tertiary/aromatic N) is 4.